The van der Waals surface area contributed by atoms with Crippen molar-refractivity contribution in [2.24, 2.45) is 17.8 Å². The summed E-state index contributed by atoms with van der Waals surface area (Å²) in [7, 11) is 0. The maximum atomic E-state index is 12.9. The molecule has 21 heavy (non-hydrogen) atoms. The molecule has 0 aliphatic heterocycles. The zero-order chi connectivity index (χ0) is 15.9. The Morgan fingerprint density at radius 1 is 1.14 bits per heavy atom. The molecule has 0 aromatic carbocycles. The number of esters is 1. The number of hydrogen-bond donors (Lipinski definition) is 0. The number of hydrogen-bond acceptors (Lipinski definition) is 3. The van der Waals surface area contributed by atoms with E-state index in [4.69, 9.17) is 9.47 Å². The molecule has 0 amide bonds. The molecule has 0 heterocycles. The Kier molecular flexibility index (Phi) is 7.49. The van der Waals surface area contributed by atoms with E-state index in [1.165, 1.54) is 0 Å². The van der Waals surface area contributed by atoms with E-state index < -0.39 is 24.0 Å². The number of carbonyl (C=O) groups excluding carboxylic acids is 1. The van der Waals surface area contributed by atoms with Gasteiger partial charge in [0.25, 0.3) is 0 Å². The second-order valence-electron chi connectivity index (χ2n) is 6.00. The summed E-state index contributed by atoms with van der Waals surface area (Å²) in [4.78, 5) is 11.8. The third-order valence-electron chi connectivity index (χ3n) is 3.80. The monoisotopic (exact) mass is 310 g/mol. The minimum Gasteiger partial charge on any atom is -0.463 e. The summed E-state index contributed by atoms with van der Waals surface area (Å²) in [6.07, 6.45) is -1.96. The van der Waals surface area contributed by atoms with E-state index in [9.17, 15) is 18.0 Å². The Balaban J connectivity index is 2.29. The van der Waals surface area contributed by atoms with Crippen LogP contribution in [0.4, 0.5) is 13.2 Å². The van der Waals surface area contributed by atoms with E-state index >= 15 is 0 Å². The van der Waals surface area contributed by atoms with E-state index in [2.05, 4.69) is 13.8 Å². The van der Waals surface area contributed by atoms with Crippen molar-refractivity contribution < 1.29 is 27.4 Å². The van der Waals surface area contributed by atoms with Gasteiger partial charge >= 0.3 is 12.1 Å². The van der Waals surface area contributed by atoms with Gasteiger partial charge in [-0.3, -0.25) is 4.79 Å². The van der Waals surface area contributed by atoms with Crippen LogP contribution in [-0.2, 0) is 14.3 Å². The van der Waals surface area contributed by atoms with Gasteiger partial charge in [0.1, 0.15) is 6.61 Å². The molecule has 0 aromatic heterocycles. The Hall–Kier alpha value is -0.780. The SMILES string of the molecule is CC(C)CCOCCOC(=O)C1CCCCC1C(F)(F)F. The first kappa shape index (κ1) is 18.3. The van der Waals surface area contributed by atoms with Crippen LogP contribution in [-0.4, -0.2) is 32.0 Å². The van der Waals surface area contributed by atoms with Crippen LogP contribution in [0.15, 0.2) is 0 Å². The summed E-state index contributed by atoms with van der Waals surface area (Å²) in [5.41, 5.74) is 0. The molecule has 0 N–H and O–H groups in total. The van der Waals surface area contributed by atoms with E-state index in [0.29, 0.717) is 25.4 Å². The van der Waals surface area contributed by atoms with Crippen molar-refractivity contribution in [3.05, 3.63) is 0 Å². The lowest BCUT2D eigenvalue weighted by Crippen LogP contribution is -2.38. The second kappa shape index (κ2) is 8.61. The quantitative estimate of drug-likeness (QED) is 0.527. The molecule has 0 radical (unpaired) electrons. The number of alkyl halides is 3. The average Bonchev–Trinajstić information content (AvgIpc) is 2.41. The van der Waals surface area contributed by atoms with Gasteiger partial charge in [-0.2, -0.15) is 13.2 Å². The van der Waals surface area contributed by atoms with Gasteiger partial charge in [-0.1, -0.05) is 26.7 Å². The summed E-state index contributed by atoms with van der Waals surface area (Å²) in [6, 6.07) is 0. The fraction of sp³-hybridized carbons (Fsp3) is 0.933. The molecule has 1 saturated carbocycles. The van der Waals surface area contributed by atoms with Crippen LogP contribution < -0.4 is 0 Å². The molecule has 0 aromatic rings. The molecule has 2 unspecified atom stereocenters. The lowest BCUT2D eigenvalue weighted by atomic mass is 9.79. The Morgan fingerprint density at radius 2 is 1.81 bits per heavy atom. The van der Waals surface area contributed by atoms with E-state index in [-0.39, 0.29) is 26.1 Å². The number of rotatable bonds is 7. The first-order valence-electron chi connectivity index (χ1n) is 7.63. The van der Waals surface area contributed by atoms with Crippen LogP contribution in [0.2, 0.25) is 0 Å². The fourth-order valence-corrected chi connectivity index (χ4v) is 2.53. The Morgan fingerprint density at radius 3 is 2.43 bits per heavy atom. The second-order valence-corrected chi connectivity index (χ2v) is 6.00. The minimum absolute atomic E-state index is 0.0220. The van der Waals surface area contributed by atoms with Crippen molar-refractivity contribution in [2.45, 2.75) is 52.1 Å². The van der Waals surface area contributed by atoms with E-state index in [1.54, 1.807) is 0 Å². The van der Waals surface area contributed by atoms with Crippen molar-refractivity contribution >= 4 is 5.97 Å². The van der Waals surface area contributed by atoms with Gasteiger partial charge in [0, 0.05) is 6.61 Å². The number of carbonyl (C=O) groups is 1. The van der Waals surface area contributed by atoms with Crippen molar-refractivity contribution in [3.8, 4) is 0 Å². The van der Waals surface area contributed by atoms with Crippen molar-refractivity contribution in [2.75, 3.05) is 19.8 Å². The molecule has 124 valence electrons. The van der Waals surface area contributed by atoms with Crippen molar-refractivity contribution in [1.82, 2.24) is 0 Å². The lowest BCUT2D eigenvalue weighted by Gasteiger charge is -2.31. The predicted octanol–water partition coefficient (Wildman–Crippen LogP) is 3.96. The highest BCUT2D eigenvalue weighted by atomic mass is 19.4. The maximum absolute atomic E-state index is 12.9. The molecule has 0 bridgehead atoms. The molecule has 3 nitrogen and oxygen atoms in total. The Bertz CT molecular complexity index is 316. The molecule has 0 spiro atoms. The highest BCUT2D eigenvalue weighted by Gasteiger charge is 2.48. The molecule has 1 aliphatic rings. The molecular weight excluding hydrogens is 285 g/mol. The van der Waals surface area contributed by atoms with Crippen molar-refractivity contribution in [3.63, 3.8) is 0 Å². The fourth-order valence-electron chi connectivity index (χ4n) is 2.53. The van der Waals surface area contributed by atoms with Crippen LogP contribution in [0.3, 0.4) is 0 Å². The molecule has 1 aliphatic carbocycles. The molecule has 6 heteroatoms. The van der Waals surface area contributed by atoms with E-state index in [1.807, 2.05) is 0 Å². The normalized spacial score (nSPS) is 23.3. The third kappa shape index (κ3) is 6.68. The van der Waals surface area contributed by atoms with Gasteiger partial charge in [-0.05, 0) is 25.2 Å². The molecule has 0 saturated heterocycles. The molecule has 1 fully saturated rings. The van der Waals surface area contributed by atoms with Gasteiger partial charge in [0.05, 0.1) is 18.4 Å². The summed E-state index contributed by atoms with van der Waals surface area (Å²) in [5.74, 6) is -2.80. The van der Waals surface area contributed by atoms with Gasteiger partial charge in [0.15, 0.2) is 0 Å². The Labute approximate surface area is 124 Å². The van der Waals surface area contributed by atoms with Gasteiger partial charge in [-0.25, -0.2) is 0 Å². The molecule has 1 rings (SSSR count). The van der Waals surface area contributed by atoms with E-state index in [0.717, 1.165) is 6.42 Å². The average molecular weight is 310 g/mol. The standard InChI is InChI=1S/C15H25F3O3/c1-11(2)7-8-20-9-10-21-14(19)12-5-3-4-6-13(12)15(16,17)18/h11-13H,3-10H2,1-2H3. The first-order valence-corrected chi connectivity index (χ1v) is 7.63. The minimum atomic E-state index is -4.32. The van der Waals surface area contributed by atoms with Crippen LogP contribution >= 0.6 is 0 Å². The summed E-state index contributed by atoms with van der Waals surface area (Å²) >= 11 is 0. The van der Waals surface area contributed by atoms with Crippen LogP contribution in [0.1, 0.15) is 46.0 Å². The maximum Gasteiger partial charge on any atom is 0.392 e. The topological polar surface area (TPSA) is 35.5 Å². The molecule has 2 atom stereocenters. The number of halogens is 3. The lowest BCUT2D eigenvalue weighted by molar-refractivity contribution is -0.205. The largest absolute Gasteiger partial charge is 0.463 e. The zero-order valence-corrected chi connectivity index (χ0v) is 12.7. The van der Waals surface area contributed by atoms with Gasteiger partial charge in [-0.15, -0.1) is 0 Å². The summed E-state index contributed by atoms with van der Waals surface area (Å²) in [5, 5.41) is 0. The van der Waals surface area contributed by atoms with Crippen LogP contribution in [0.5, 0.6) is 0 Å². The number of ether oxygens (including phenoxy) is 2. The predicted molar refractivity (Wildman–Crippen MR) is 72.7 cm³/mol. The van der Waals surface area contributed by atoms with Gasteiger partial charge in [0.2, 0.25) is 0 Å². The summed E-state index contributed by atoms with van der Waals surface area (Å²) < 4.78 is 48.9. The molecular formula is C15H25F3O3. The highest BCUT2D eigenvalue weighted by molar-refractivity contribution is 5.73. The zero-order valence-electron chi connectivity index (χ0n) is 12.7. The summed E-state index contributed by atoms with van der Waals surface area (Å²) in [6.45, 7) is 4.98. The van der Waals surface area contributed by atoms with Crippen molar-refractivity contribution in [1.29, 1.82) is 0 Å². The van der Waals surface area contributed by atoms with Crippen LogP contribution in [0, 0.1) is 17.8 Å². The highest BCUT2D eigenvalue weighted by Crippen LogP contribution is 2.41. The van der Waals surface area contributed by atoms with Crippen LogP contribution in [0.25, 0.3) is 0 Å². The first-order chi connectivity index (χ1) is 9.82. The smallest absolute Gasteiger partial charge is 0.392 e. The third-order valence-corrected chi connectivity index (χ3v) is 3.80. The van der Waals surface area contributed by atoms with Gasteiger partial charge < -0.3 is 9.47 Å².